The summed E-state index contributed by atoms with van der Waals surface area (Å²) in [6.07, 6.45) is 5.44. The van der Waals surface area contributed by atoms with Crippen LogP contribution in [0.2, 0.25) is 0 Å². The molecular weight excluding hydrogens is 376 g/mol. The van der Waals surface area contributed by atoms with Gasteiger partial charge in [0.25, 0.3) is 0 Å². The van der Waals surface area contributed by atoms with Crippen LogP contribution in [0.15, 0.2) is 54.6 Å². The summed E-state index contributed by atoms with van der Waals surface area (Å²) in [6, 6.07) is 20.8. The number of hydrogen-bond donors (Lipinski definition) is 0. The Labute approximate surface area is 182 Å². The van der Waals surface area contributed by atoms with Gasteiger partial charge in [-0.05, 0) is 89.3 Å². The van der Waals surface area contributed by atoms with Crippen molar-refractivity contribution in [1.29, 1.82) is 0 Å². The summed E-state index contributed by atoms with van der Waals surface area (Å²) < 4.78 is 2.43. The molecule has 3 aliphatic rings. The molecular formula is C29H28N2. The molecule has 2 nitrogen and oxygen atoms in total. The van der Waals surface area contributed by atoms with E-state index in [1.165, 1.54) is 58.4 Å². The maximum absolute atomic E-state index is 5.22. The van der Waals surface area contributed by atoms with E-state index in [1.54, 1.807) is 11.1 Å². The van der Waals surface area contributed by atoms with Crippen LogP contribution < -0.4 is 0 Å². The molecule has 0 atom stereocenters. The maximum Gasteiger partial charge on any atom is 0.146 e. The lowest BCUT2D eigenvalue weighted by Gasteiger charge is -2.38. The van der Waals surface area contributed by atoms with Crippen LogP contribution >= 0.6 is 0 Å². The van der Waals surface area contributed by atoms with Crippen molar-refractivity contribution in [3.8, 4) is 0 Å². The van der Waals surface area contributed by atoms with Crippen molar-refractivity contribution in [3.05, 3.63) is 71.3 Å². The topological polar surface area (TPSA) is 17.3 Å². The van der Waals surface area contributed by atoms with Crippen molar-refractivity contribution in [3.63, 3.8) is 0 Å². The smallest absolute Gasteiger partial charge is 0.146 e. The Morgan fingerprint density at radius 2 is 1.42 bits per heavy atom. The predicted octanol–water partition coefficient (Wildman–Crippen LogP) is 7.85. The Morgan fingerprint density at radius 1 is 0.742 bits per heavy atom. The third kappa shape index (κ3) is 2.36. The van der Waals surface area contributed by atoms with Gasteiger partial charge in [0.05, 0.1) is 16.6 Å². The Balaban J connectivity index is 1.66. The lowest BCUT2D eigenvalue weighted by molar-refractivity contribution is 0.359. The Hall–Kier alpha value is -2.87. The number of fused-ring (bicyclic) bond motifs is 10. The third-order valence-electron chi connectivity index (χ3n) is 8.03. The SMILES string of the molecule is CC(C)(C)c1ccc2c(c1)c1ccccc1c1nc3cc4c(cc3n21)C1CCC4CC1. The zero-order valence-corrected chi connectivity index (χ0v) is 18.6. The summed E-state index contributed by atoms with van der Waals surface area (Å²) in [5, 5.41) is 3.88. The highest BCUT2D eigenvalue weighted by molar-refractivity contribution is 6.14. The van der Waals surface area contributed by atoms with Gasteiger partial charge in [0.1, 0.15) is 5.65 Å². The molecule has 154 valence electrons. The summed E-state index contributed by atoms with van der Waals surface area (Å²) in [4.78, 5) is 5.22. The van der Waals surface area contributed by atoms with Gasteiger partial charge in [-0.15, -0.1) is 0 Å². The van der Waals surface area contributed by atoms with Gasteiger partial charge in [-0.3, -0.25) is 4.40 Å². The molecule has 1 saturated carbocycles. The molecule has 2 heteroatoms. The van der Waals surface area contributed by atoms with Crippen LogP contribution in [-0.2, 0) is 5.41 Å². The molecule has 3 aromatic carbocycles. The summed E-state index contributed by atoms with van der Waals surface area (Å²) in [6.45, 7) is 6.88. The summed E-state index contributed by atoms with van der Waals surface area (Å²) in [7, 11) is 0. The molecule has 0 aliphatic heterocycles. The van der Waals surface area contributed by atoms with E-state index < -0.39 is 0 Å². The largest absolute Gasteiger partial charge is 0.292 e. The van der Waals surface area contributed by atoms with E-state index in [-0.39, 0.29) is 5.41 Å². The molecule has 0 unspecified atom stereocenters. The first kappa shape index (κ1) is 17.8. The molecule has 1 fully saturated rings. The second kappa shape index (κ2) is 5.88. The first-order valence-electron chi connectivity index (χ1n) is 11.8. The average Bonchev–Trinajstić information content (AvgIpc) is 3.17. The second-order valence-corrected chi connectivity index (χ2v) is 10.8. The average molecular weight is 405 g/mol. The van der Waals surface area contributed by atoms with E-state index in [2.05, 4.69) is 79.8 Å². The standard InChI is InChI=1S/C29H28N2/c1-29(2,3)19-12-13-26-24(14-19)20-6-4-5-7-21(20)28-30-25-15-22-17-8-10-18(11-9-17)23(22)16-27(25)31(26)28/h4-7,12-18H,8-11H2,1-3H3. The Bertz CT molecular complexity index is 1520. The molecule has 2 aromatic heterocycles. The summed E-state index contributed by atoms with van der Waals surface area (Å²) in [5.74, 6) is 1.49. The van der Waals surface area contributed by atoms with E-state index in [9.17, 15) is 0 Å². The molecule has 0 N–H and O–H groups in total. The van der Waals surface area contributed by atoms with Crippen molar-refractivity contribution >= 4 is 38.4 Å². The van der Waals surface area contributed by atoms with Gasteiger partial charge in [-0.2, -0.15) is 0 Å². The monoisotopic (exact) mass is 404 g/mol. The van der Waals surface area contributed by atoms with Crippen LogP contribution in [0.5, 0.6) is 0 Å². The van der Waals surface area contributed by atoms with Gasteiger partial charge in [0.2, 0.25) is 0 Å². The van der Waals surface area contributed by atoms with Crippen LogP contribution in [0.4, 0.5) is 0 Å². The van der Waals surface area contributed by atoms with Gasteiger partial charge in [0, 0.05) is 10.8 Å². The number of aromatic nitrogens is 2. The van der Waals surface area contributed by atoms with Crippen molar-refractivity contribution in [1.82, 2.24) is 9.38 Å². The number of pyridine rings is 1. The van der Waals surface area contributed by atoms with Gasteiger partial charge >= 0.3 is 0 Å². The van der Waals surface area contributed by atoms with E-state index in [0.29, 0.717) is 0 Å². The van der Waals surface area contributed by atoms with Gasteiger partial charge in [0.15, 0.2) is 0 Å². The Kier molecular flexibility index (Phi) is 3.37. The van der Waals surface area contributed by atoms with Crippen LogP contribution in [0, 0.1) is 0 Å². The van der Waals surface area contributed by atoms with Crippen molar-refractivity contribution in [2.45, 2.75) is 63.7 Å². The van der Waals surface area contributed by atoms with Crippen molar-refractivity contribution < 1.29 is 0 Å². The molecule has 0 amide bonds. The fourth-order valence-corrected chi connectivity index (χ4v) is 6.33. The van der Waals surface area contributed by atoms with Crippen molar-refractivity contribution in [2.24, 2.45) is 0 Å². The van der Waals surface area contributed by atoms with Gasteiger partial charge < -0.3 is 0 Å². The molecule has 31 heavy (non-hydrogen) atoms. The van der Waals surface area contributed by atoms with Crippen LogP contribution in [0.3, 0.4) is 0 Å². The van der Waals surface area contributed by atoms with Gasteiger partial charge in [-0.25, -0.2) is 4.98 Å². The fraction of sp³-hybridized carbons (Fsp3) is 0.345. The number of imidazole rings is 1. The zero-order valence-electron chi connectivity index (χ0n) is 18.6. The predicted molar refractivity (Wildman–Crippen MR) is 130 cm³/mol. The lowest BCUT2D eigenvalue weighted by atomic mass is 9.67. The number of rotatable bonds is 0. The highest BCUT2D eigenvalue weighted by Gasteiger charge is 2.33. The minimum Gasteiger partial charge on any atom is -0.292 e. The number of nitrogens with zero attached hydrogens (tertiary/aromatic N) is 2. The van der Waals surface area contributed by atoms with Crippen molar-refractivity contribution in [2.75, 3.05) is 0 Å². The fourth-order valence-electron chi connectivity index (χ4n) is 6.33. The molecule has 0 radical (unpaired) electrons. The molecule has 0 saturated heterocycles. The molecule has 2 heterocycles. The molecule has 8 rings (SSSR count). The van der Waals surface area contributed by atoms with E-state index in [0.717, 1.165) is 23.0 Å². The highest BCUT2D eigenvalue weighted by atomic mass is 15.0. The first-order chi connectivity index (χ1) is 15.0. The summed E-state index contributed by atoms with van der Waals surface area (Å²) >= 11 is 0. The Morgan fingerprint density at radius 3 is 2.13 bits per heavy atom. The molecule has 3 aliphatic carbocycles. The second-order valence-electron chi connectivity index (χ2n) is 10.8. The third-order valence-corrected chi connectivity index (χ3v) is 8.03. The zero-order chi connectivity index (χ0) is 20.9. The van der Waals surface area contributed by atoms with Crippen LogP contribution in [0.25, 0.3) is 38.4 Å². The normalized spacial score (nSPS) is 20.9. The number of hydrogen-bond acceptors (Lipinski definition) is 1. The summed E-state index contributed by atoms with van der Waals surface area (Å²) in [5.41, 5.74) is 9.49. The maximum atomic E-state index is 5.22. The van der Waals surface area contributed by atoms with Crippen LogP contribution in [-0.4, -0.2) is 9.38 Å². The van der Waals surface area contributed by atoms with E-state index in [4.69, 9.17) is 4.98 Å². The molecule has 5 aromatic rings. The highest BCUT2D eigenvalue weighted by Crippen LogP contribution is 2.50. The van der Waals surface area contributed by atoms with E-state index >= 15 is 0 Å². The number of benzene rings is 3. The molecule has 0 spiro atoms. The minimum atomic E-state index is 0.125. The van der Waals surface area contributed by atoms with Gasteiger partial charge in [-0.1, -0.05) is 51.1 Å². The molecule has 2 bridgehead atoms. The first-order valence-corrected chi connectivity index (χ1v) is 11.8. The van der Waals surface area contributed by atoms with E-state index in [1.807, 2.05) is 0 Å². The quantitative estimate of drug-likeness (QED) is 0.240. The minimum absolute atomic E-state index is 0.125. The lowest BCUT2D eigenvalue weighted by Crippen LogP contribution is -2.21. The van der Waals surface area contributed by atoms with Crippen LogP contribution in [0.1, 0.15) is 75.0 Å².